The Bertz CT molecular complexity index is 1140. The fraction of sp³-hybridized carbons (Fsp3) is 0.538. The molecule has 1 aromatic heterocycles. The van der Waals surface area contributed by atoms with Crippen molar-refractivity contribution in [2.45, 2.75) is 89.7 Å². The van der Waals surface area contributed by atoms with Crippen LogP contribution in [0.1, 0.15) is 79.9 Å². The Morgan fingerprint density at radius 3 is 2.83 bits per heavy atom. The zero-order valence-electron chi connectivity index (χ0n) is 20.4. The molecule has 186 valence electrons. The van der Waals surface area contributed by atoms with E-state index in [2.05, 4.69) is 35.5 Å². The maximum Gasteiger partial charge on any atom is 0.388 e. The molecule has 1 fully saturated rings. The molecule has 3 atom stereocenters. The molecular formula is C26H34N5O4+. The molecule has 0 radical (unpaired) electrons. The highest BCUT2D eigenvalue weighted by Gasteiger charge is 2.41. The fourth-order valence-electron chi connectivity index (χ4n) is 5.29. The number of hydrogen-bond donors (Lipinski definition) is 3. The summed E-state index contributed by atoms with van der Waals surface area (Å²) < 4.78 is 8.42. The summed E-state index contributed by atoms with van der Waals surface area (Å²) in [6, 6.07) is 5.72. The van der Waals surface area contributed by atoms with Gasteiger partial charge in [0.15, 0.2) is 6.04 Å². The van der Waals surface area contributed by atoms with Crippen LogP contribution in [0.5, 0.6) is 5.75 Å². The summed E-state index contributed by atoms with van der Waals surface area (Å²) in [4.78, 5) is 28.6. The van der Waals surface area contributed by atoms with Crippen molar-refractivity contribution < 1.29 is 24.4 Å². The molecule has 3 N–H and O–H groups in total. The highest BCUT2D eigenvalue weighted by molar-refractivity contribution is 6.01. The first-order valence-corrected chi connectivity index (χ1v) is 12.6. The minimum absolute atomic E-state index is 0.0566. The first-order chi connectivity index (χ1) is 16.9. The van der Waals surface area contributed by atoms with E-state index in [0.717, 1.165) is 42.7 Å². The highest BCUT2D eigenvalue weighted by atomic mass is 16.5. The topological polar surface area (TPSA) is 111 Å². The summed E-state index contributed by atoms with van der Waals surface area (Å²) in [5.41, 5.74) is 2.68. The van der Waals surface area contributed by atoms with E-state index in [1.807, 2.05) is 29.1 Å². The van der Waals surface area contributed by atoms with E-state index in [9.17, 15) is 14.7 Å². The van der Waals surface area contributed by atoms with Crippen LogP contribution in [-0.2, 0) is 17.9 Å². The van der Waals surface area contributed by atoms with Crippen LogP contribution in [0.25, 0.3) is 0 Å². The van der Waals surface area contributed by atoms with Crippen LogP contribution in [0, 0.1) is 0 Å². The van der Waals surface area contributed by atoms with Crippen molar-refractivity contribution in [2.75, 3.05) is 0 Å². The summed E-state index contributed by atoms with van der Waals surface area (Å²) in [5, 5.41) is 18.3. The Kier molecular flexibility index (Phi) is 6.60. The molecule has 1 saturated carbocycles. The van der Waals surface area contributed by atoms with Crippen LogP contribution in [0.15, 0.2) is 30.6 Å². The van der Waals surface area contributed by atoms with Crippen molar-refractivity contribution in [1.29, 1.82) is 0 Å². The Morgan fingerprint density at radius 1 is 1.23 bits per heavy atom. The number of benzene rings is 1. The van der Waals surface area contributed by atoms with Crippen molar-refractivity contribution in [3.05, 3.63) is 47.3 Å². The number of aliphatic hydroxyl groups excluding tert-OH is 1. The van der Waals surface area contributed by atoms with Crippen molar-refractivity contribution in [3.63, 3.8) is 0 Å². The normalized spacial score (nSPS) is 24.6. The maximum absolute atomic E-state index is 13.0. The number of ether oxygens (including phenoxy) is 1. The number of carbonyl (C=O) groups excluding carboxylic acids is 2. The number of aromatic nitrogens is 2. The third-order valence-electron chi connectivity index (χ3n) is 7.26. The van der Waals surface area contributed by atoms with Crippen molar-refractivity contribution in [1.82, 2.24) is 20.0 Å². The van der Waals surface area contributed by atoms with Gasteiger partial charge >= 0.3 is 11.8 Å². The maximum atomic E-state index is 13.0. The van der Waals surface area contributed by atoms with E-state index in [4.69, 9.17) is 4.74 Å². The number of nitrogens with zero attached hydrogens (tertiary/aromatic N) is 3. The molecular weight excluding hydrogens is 446 g/mol. The highest BCUT2D eigenvalue weighted by Crippen LogP contribution is 2.31. The van der Waals surface area contributed by atoms with Gasteiger partial charge in [-0.15, -0.1) is 4.99 Å². The molecule has 1 aliphatic carbocycles. The zero-order chi connectivity index (χ0) is 24.5. The number of amides is 2. The van der Waals surface area contributed by atoms with Gasteiger partial charge in [0.2, 0.25) is 0 Å². The summed E-state index contributed by atoms with van der Waals surface area (Å²) >= 11 is 0. The SMILES string of the molecule is CC(C)n1cc(CN[C@@H]2CCCC[C@H]2Oc2ccc3c(c2)CN(C2CCC(=O)[NH+]=C2O)C3=O)cn1. The smallest absolute Gasteiger partial charge is 0.388 e. The van der Waals surface area contributed by atoms with E-state index in [1.165, 1.54) is 6.42 Å². The van der Waals surface area contributed by atoms with Gasteiger partial charge in [-0.05, 0) is 63.3 Å². The minimum Gasteiger partial charge on any atom is -0.489 e. The first-order valence-electron chi connectivity index (χ1n) is 12.6. The molecule has 5 rings (SSSR count). The van der Waals surface area contributed by atoms with E-state index in [0.29, 0.717) is 24.6 Å². The molecule has 35 heavy (non-hydrogen) atoms. The van der Waals surface area contributed by atoms with E-state index < -0.39 is 6.04 Å². The number of carbonyl (C=O) groups is 2. The van der Waals surface area contributed by atoms with Crippen LogP contribution in [0.4, 0.5) is 0 Å². The lowest BCUT2D eigenvalue weighted by atomic mass is 9.92. The first kappa shape index (κ1) is 23.5. The van der Waals surface area contributed by atoms with Gasteiger partial charge in [0.05, 0.1) is 12.6 Å². The predicted octanol–water partition coefficient (Wildman–Crippen LogP) is 1.63. The number of hydrogen-bond acceptors (Lipinski definition) is 5. The summed E-state index contributed by atoms with van der Waals surface area (Å²) in [5.74, 6) is 0.269. The lowest BCUT2D eigenvalue weighted by Crippen LogP contribution is -2.82. The minimum atomic E-state index is -0.496. The van der Waals surface area contributed by atoms with Gasteiger partial charge < -0.3 is 20.1 Å². The van der Waals surface area contributed by atoms with Crippen LogP contribution in [0.2, 0.25) is 0 Å². The molecule has 0 spiro atoms. The molecule has 2 aliphatic heterocycles. The van der Waals surface area contributed by atoms with Gasteiger partial charge in [0.1, 0.15) is 11.9 Å². The van der Waals surface area contributed by atoms with E-state index >= 15 is 0 Å². The molecule has 9 heteroatoms. The fourth-order valence-corrected chi connectivity index (χ4v) is 5.29. The Hall–Kier alpha value is -3.20. The van der Waals surface area contributed by atoms with Crippen LogP contribution in [0.3, 0.4) is 0 Å². The van der Waals surface area contributed by atoms with Crippen molar-refractivity contribution in [3.8, 4) is 5.75 Å². The van der Waals surface area contributed by atoms with Gasteiger partial charge in [-0.25, -0.2) is 4.79 Å². The van der Waals surface area contributed by atoms with Crippen molar-refractivity contribution in [2.24, 2.45) is 0 Å². The Labute approximate surface area is 205 Å². The van der Waals surface area contributed by atoms with Crippen LogP contribution >= 0.6 is 0 Å². The average molecular weight is 481 g/mol. The summed E-state index contributed by atoms with van der Waals surface area (Å²) in [6.07, 6.45) is 9.12. The van der Waals surface area contributed by atoms with Gasteiger partial charge in [0.25, 0.3) is 5.91 Å². The molecule has 9 nitrogen and oxygen atoms in total. The Balaban J connectivity index is 1.24. The summed E-state index contributed by atoms with van der Waals surface area (Å²) in [6.45, 7) is 5.38. The predicted molar refractivity (Wildman–Crippen MR) is 129 cm³/mol. The molecule has 2 amide bonds. The molecule has 3 heterocycles. The van der Waals surface area contributed by atoms with E-state index in [-0.39, 0.29) is 36.3 Å². The second kappa shape index (κ2) is 9.81. The molecule has 3 aliphatic rings. The average Bonchev–Trinajstić information content (AvgIpc) is 3.43. The third kappa shape index (κ3) is 4.96. The Morgan fingerprint density at radius 2 is 2.06 bits per heavy atom. The van der Waals surface area contributed by atoms with Gasteiger partial charge in [-0.1, -0.05) is 6.42 Å². The monoisotopic (exact) mass is 480 g/mol. The van der Waals surface area contributed by atoms with Crippen molar-refractivity contribution >= 4 is 17.7 Å². The second-order valence-corrected chi connectivity index (χ2v) is 10.1. The van der Waals surface area contributed by atoms with Gasteiger partial charge in [-0.2, -0.15) is 5.10 Å². The largest absolute Gasteiger partial charge is 0.489 e. The molecule has 1 aromatic carbocycles. The standard InChI is InChI=1S/C26H33N5O4/c1-16(2)31-14-17(13-28-31)12-27-21-5-3-4-6-23(21)35-19-7-8-20-18(11-19)15-30(26(20)34)22-9-10-24(32)29-25(22)33/h7-8,11,13-14,16,21-23,27H,3-6,9-10,12,15H2,1-2H3,(H,29,32,33)/p+1/t21-,22?,23-/m1/s1. The quantitative estimate of drug-likeness (QED) is 0.556. The molecule has 1 unspecified atom stereocenters. The van der Waals surface area contributed by atoms with Gasteiger partial charge in [0, 0.05) is 42.5 Å². The summed E-state index contributed by atoms with van der Waals surface area (Å²) in [7, 11) is 0. The van der Waals surface area contributed by atoms with Crippen LogP contribution < -0.4 is 15.0 Å². The van der Waals surface area contributed by atoms with Gasteiger partial charge in [-0.3, -0.25) is 9.48 Å². The number of aliphatic hydroxyl groups is 1. The molecule has 2 aromatic rings. The molecule has 0 bridgehead atoms. The number of rotatable bonds is 7. The van der Waals surface area contributed by atoms with Crippen LogP contribution in [-0.4, -0.2) is 55.7 Å². The second-order valence-electron chi connectivity index (χ2n) is 10.1. The van der Waals surface area contributed by atoms with E-state index in [1.54, 1.807) is 4.90 Å². The molecule has 0 saturated heterocycles. The lowest BCUT2D eigenvalue weighted by molar-refractivity contribution is -0.394. The third-order valence-corrected chi connectivity index (χ3v) is 7.26. The lowest BCUT2D eigenvalue weighted by Gasteiger charge is -2.32. The zero-order valence-corrected chi connectivity index (χ0v) is 20.4. The number of nitrogens with one attached hydrogen (secondary N) is 2. The number of fused-ring (bicyclic) bond motifs is 1.